The molecule has 0 aliphatic carbocycles. The average molecular weight is 231 g/mol. The topological polar surface area (TPSA) is 56.2 Å². The molecular weight excluding hydrogens is 214 g/mol. The number of carbonyl (C=O) groups is 1. The van der Waals surface area contributed by atoms with E-state index >= 15 is 0 Å². The van der Waals surface area contributed by atoms with Crippen LogP contribution in [0.1, 0.15) is 30.8 Å². The first-order valence-electron chi connectivity index (χ1n) is 5.85. The Morgan fingerprint density at radius 1 is 1.35 bits per heavy atom. The van der Waals surface area contributed by atoms with Crippen LogP contribution in [0.15, 0.2) is 34.7 Å². The van der Waals surface area contributed by atoms with E-state index < -0.39 is 0 Å². The summed E-state index contributed by atoms with van der Waals surface area (Å²) in [4.78, 5) is 12.0. The standard InChI is InChI=1S/C14H17NO2/c1-9(2)11(15)8-12(16)14-7-10-5-3-4-6-13(10)17-14/h3-7,9,11H,8,15H2,1-2H3. The molecule has 0 spiro atoms. The summed E-state index contributed by atoms with van der Waals surface area (Å²) in [5.74, 6) is 0.674. The van der Waals surface area contributed by atoms with E-state index in [1.54, 1.807) is 6.07 Å². The minimum absolute atomic E-state index is 0.0256. The number of para-hydroxylation sites is 1. The van der Waals surface area contributed by atoms with Gasteiger partial charge in [0.2, 0.25) is 0 Å². The molecule has 17 heavy (non-hydrogen) atoms. The fourth-order valence-electron chi connectivity index (χ4n) is 1.67. The highest BCUT2D eigenvalue weighted by molar-refractivity contribution is 5.97. The van der Waals surface area contributed by atoms with Gasteiger partial charge in [0, 0.05) is 17.8 Å². The van der Waals surface area contributed by atoms with Gasteiger partial charge in [-0.05, 0) is 18.1 Å². The number of ketones is 1. The molecule has 0 saturated carbocycles. The molecule has 0 radical (unpaired) electrons. The third kappa shape index (κ3) is 2.56. The molecule has 1 aromatic carbocycles. The fourth-order valence-corrected chi connectivity index (χ4v) is 1.67. The molecule has 1 atom stereocenters. The second-order valence-electron chi connectivity index (χ2n) is 4.68. The van der Waals surface area contributed by atoms with Gasteiger partial charge in [0.1, 0.15) is 5.58 Å². The molecule has 0 aliphatic heterocycles. The lowest BCUT2D eigenvalue weighted by Gasteiger charge is -2.13. The third-order valence-corrected chi connectivity index (χ3v) is 2.98. The monoisotopic (exact) mass is 231 g/mol. The number of hydrogen-bond donors (Lipinski definition) is 1. The van der Waals surface area contributed by atoms with Gasteiger partial charge < -0.3 is 10.2 Å². The zero-order valence-corrected chi connectivity index (χ0v) is 10.1. The van der Waals surface area contributed by atoms with Crippen LogP contribution in [0.25, 0.3) is 11.0 Å². The van der Waals surface area contributed by atoms with E-state index in [4.69, 9.17) is 10.2 Å². The van der Waals surface area contributed by atoms with Gasteiger partial charge in [-0.15, -0.1) is 0 Å². The van der Waals surface area contributed by atoms with Gasteiger partial charge in [0.05, 0.1) is 0 Å². The van der Waals surface area contributed by atoms with Gasteiger partial charge in [-0.3, -0.25) is 4.79 Å². The Morgan fingerprint density at radius 3 is 2.71 bits per heavy atom. The van der Waals surface area contributed by atoms with Crippen molar-refractivity contribution < 1.29 is 9.21 Å². The Hall–Kier alpha value is -1.61. The fraction of sp³-hybridized carbons (Fsp3) is 0.357. The van der Waals surface area contributed by atoms with Crippen LogP contribution in [-0.4, -0.2) is 11.8 Å². The molecule has 0 amide bonds. The lowest BCUT2D eigenvalue weighted by molar-refractivity contribution is 0.0942. The van der Waals surface area contributed by atoms with E-state index in [0.717, 1.165) is 11.0 Å². The zero-order chi connectivity index (χ0) is 12.4. The number of nitrogens with two attached hydrogens (primary N) is 1. The molecule has 1 aromatic heterocycles. The minimum atomic E-state index is -0.115. The molecule has 2 aromatic rings. The molecule has 3 nitrogen and oxygen atoms in total. The maximum Gasteiger partial charge on any atom is 0.199 e. The average Bonchev–Trinajstić information content (AvgIpc) is 2.72. The lowest BCUT2D eigenvalue weighted by Crippen LogP contribution is -2.29. The van der Waals surface area contributed by atoms with Crippen molar-refractivity contribution in [1.29, 1.82) is 0 Å². The van der Waals surface area contributed by atoms with Gasteiger partial charge in [-0.25, -0.2) is 0 Å². The normalized spacial score (nSPS) is 13.2. The number of rotatable bonds is 4. The van der Waals surface area contributed by atoms with Crippen molar-refractivity contribution in [2.45, 2.75) is 26.3 Å². The van der Waals surface area contributed by atoms with Crippen LogP contribution >= 0.6 is 0 Å². The number of hydrogen-bond acceptors (Lipinski definition) is 3. The quantitative estimate of drug-likeness (QED) is 0.823. The second-order valence-corrected chi connectivity index (χ2v) is 4.68. The molecule has 0 fully saturated rings. The molecule has 3 heteroatoms. The van der Waals surface area contributed by atoms with Crippen LogP contribution in [0.2, 0.25) is 0 Å². The van der Waals surface area contributed by atoms with Crippen molar-refractivity contribution in [3.05, 3.63) is 36.1 Å². The summed E-state index contributed by atoms with van der Waals surface area (Å²) in [7, 11) is 0. The van der Waals surface area contributed by atoms with E-state index in [-0.39, 0.29) is 11.8 Å². The van der Waals surface area contributed by atoms with Gasteiger partial charge in [-0.2, -0.15) is 0 Å². The van der Waals surface area contributed by atoms with Crippen LogP contribution in [0.3, 0.4) is 0 Å². The summed E-state index contributed by atoms with van der Waals surface area (Å²) >= 11 is 0. The van der Waals surface area contributed by atoms with Crippen molar-refractivity contribution in [2.24, 2.45) is 11.7 Å². The summed E-state index contributed by atoms with van der Waals surface area (Å²) in [6.45, 7) is 4.02. The van der Waals surface area contributed by atoms with Crippen molar-refractivity contribution in [1.82, 2.24) is 0 Å². The summed E-state index contributed by atoms with van der Waals surface area (Å²) < 4.78 is 5.51. The molecule has 0 saturated heterocycles. The van der Waals surface area contributed by atoms with Crippen LogP contribution in [0.5, 0.6) is 0 Å². The SMILES string of the molecule is CC(C)C(N)CC(=O)c1cc2ccccc2o1. The van der Waals surface area contributed by atoms with Crippen LogP contribution in [-0.2, 0) is 0 Å². The van der Waals surface area contributed by atoms with Gasteiger partial charge in [0.25, 0.3) is 0 Å². The highest BCUT2D eigenvalue weighted by Gasteiger charge is 2.17. The largest absolute Gasteiger partial charge is 0.453 e. The summed E-state index contributed by atoms with van der Waals surface area (Å²) in [5, 5.41) is 0.953. The first-order valence-corrected chi connectivity index (χ1v) is 5.85. The molecule has 90 valence electrons. The van der Waals surface area contributed by atoms with Gasteiger partial charge in [-0.1, -0.05) is 32.0 Å². The van der Waals surface area contributed by atoms with E-state index in [0.29, 0.717) is 18.1 Å². The Bertz CT molecular complexity index is 495. The molecule has 1 unspecified atom stereocenters. The Balaban J connectivity index is 2.19. The first-order chi connectivity index (χ1) is 8.08. The number of furan rings is 1. The smallest absolute Gasteiger partial charge is 0.199 e. The highest BCUT2D eigenvalue weighted by Crippen LogP contribution is 2.20. The Morgan fingerprint density at radius 2 is 2.06 bits per heavy atom. The van der Waals surface area contributed by atoms with Gasteiger partial charge in [0.15, 0.2) is 11.5 Å². The van der Waals surface area contributed by atoms with E-state index in [9.17, 15) is 4.79 Å². The van der Waals surface area contributed by atoms with Crippen molar-refractivity contribution in [3.63, 3.8) is 0 Å². The summed E-state index contributed by atoms with van der Waals surface area (Å²) in [6, 6.07) is 9.26. The second kappa shape index (κ2) is 4.72. The minimum Gasteiger partial charge on any atom is -0.453 e. The number of carbonyl (C=O) groups excluding carboxylic acids is 1. The third-order valence-electron chi connectivity index (χ3n) is 2.98. The molecule has 0 aliphatic rings. The number of Topliss-reactive ketones (excluding diaryl/α,β-unsaturated/α-hetero) is 1. The van der Waals surface area contributed by atoms with Crippen molar-refractivity contribution in [3.8, 4) is 0 Å². The highest BCUT2D eigenvalue weighted by atomic mass is 16.3. The predicted octanol–water partition coefficient (Wildman–Crippen LogP) is 2.99. The van der Waals surface area contributed by atoms with Crippen molar-refractivity contribution in [2.75, 3.05) is 0 Å². The summed E-state index contributed by atoms with van der Waals surface area (Å²) in [5.41, 5.74) is 6.63. The maximum atomic E-state index is 12.0. The Kier molecular flexibility index (Phi) is 3.29. The molecule has 2 rings (SSSR count). The van der Waals surface area contributed by atoms with E-state index in [1.165, 1.54) is 0 Å². The van der Waals surface area contributed by atoms with Crippen LogP contribution < -0.4 is 5.73 Å². The molecule has 0 bridgehead atoms. The van der Waals surface area contributed by atoms with Gasteiger partial charge >= 0.3 is 0 Å². The van der Waals surface area contributed by atoms with E-state index in [2.05, 4.69) is 0 Å². The zero-order valence-electron chi connectivity index (χ0n) is 10.1. The lowest BCUT2D eigenvalue weighted by atomic mass is 9.99. The molecule has 2 N–H and O–H groups in total. The first kappa shape index (κ1) is 11.9. The molecule has 1 heterocycles. The predicted molar refractivity (Wildman–Crippen MR) is 68.0 cm³/mol. The number of benzene rings is 1. The van der Waals surface area contributed by atoms with Crippen molar-refractivity contribution >= 4 is 16.8 Å². The maximum absolute atomic E-state index is 12.0. The summed E-state index contributed by atoms with van der Waals surface area (Å²) in [6.07, 6.45) is 0.331. The Labute approximate surface area is 101 Å². The van der Waals surface area contributed by atoms with Crippen LogP contribution in [0.4, 0.5) is 0 Å². The van der Waals surface area contributed by atoms with Crippen LogP contribution in [0, 0.1) is 5.92 Å². The molecular formula is C14H17NO2. The number of fused-ring (bicyclic) bond motifs is 1. The van der Waals surface area contributed by atoms with E-state index in [1.807, 2.05) is 38.1 Å².